The van der Waals surface area contributed by atoms with E-state index >= 15 is 9.18 Å². The Kier molecular flexibility index (Phi) is 7.77. The molecule has 0 bridgehead atoms. The fraction of sp³-hybridized carbons (Fsp3) is 0.268. The van der Waals surface area contributed by atoms with Crippen LogP contribution in [0, 0.1) is 36.4 Å². The second-order valence-corrected chi connectivity index (χ2v) is 14.0. The lowest BCUT2D eigenvalue weighted by Gasteiger charge is -2.50. The molecule has 0 aromatic heterocycles. The molecule has 6 atom stereocenters. The Morgan fingerprint density at radius 3 is 2.27 bits per heavy atom. The van der Waals surface area contributed by atoms with E-state index in [4.69, 9.17) is 0 Å². The number of carbonyl (C=O) groups is 4. The molecule has 0 spiro atoms. The smallest absolute Gasteiger partial charge is 0.260 e. The zero-order valence-electron chi connectivity index (χ0n) is 27.8. The minimum Gasteiger partial charge on any atom is -0.508 e. The van der Waals surface area contributed by atoms with Gasteiger partial charge in [-0.2, -0.15) is 5.01 Å². The van der Waals surface area contributed by atoms with Crippen molar-refractivity contribution in [2.45, 2.75) is 37.5 Å². The third-order valence-electron chi connectivity index (χ3n) is 11.4. The number of aromatic hydroxyl groups is 2. The summed E-state index contributed by atoms with van der Waals surface area (Å²) in [5.74, 6) is -7.23. The van der Waals surface area contributed by atoms with Gasteiger partial charge in [-0.1, -0.05) is 83.9 Å². The topological polar surface area (TPSA) is 127 Å². The Morgan fingerprint density at radius 1 is 0.824 bits per heavy atom. The summed E-state index contributed by atoms with van der Waals surface area (Å²) < 4.78 is 15.3. The van der Waals surface area contributed by atoms with E-state index in [1.807, 2.05) is 25.1 Å². The number of phenols is 2. The van der Waals surface area contributed by atoms with Crippen molar-refractivity contribution in [2.24, 2.45) is 23.7 Å². The zero-order valence-corrected chi connectivity index (χ0v) is 27.8. The Bertz CT molecular complexity index is 2100. The van der Waals surface area contributed by atoms with Gasteiger partial charge in [-0.3, -0.25) is 29.5 Å². The Labute approximate surface area is 294 Å². The number of amides is 4. The van der Waals surface area contributed by atoms with Crippen molar-refractivity contribution >= 4 is 29.3 Å². The number of nitrogens with zero attached hydrogens (tertiary/aromatic N) is 2. The van der Waals surface area contributed by atoms with Gasteiger partial charge in [0.15, 0.2) is 11.6 Å². The number of halogens is 1. The van der Waals surface area contributed by atoms with E-state index in [-0.39, 0.29) is 42.5 Å². The third-order valence-corrected chi connectivity index (χ3v) is 11.4. The van der Waals surface area contributed by atoms with Crippen LogP contribution in [0.1, 0.15) is 41.0 Å². The summed E-state index contributed by atoms with van der Waals surface area (Å²) in [4.78, 5) is 59.3. The molecule has 6 unspecified atom stereocenters. The molecule has 3 N–H and O–H groups in total. The molecule has 4 aromatic rings. The molecule has 2 saturated heterocycles. The number of rotatable bonds is 7. The van der Waals surface area contributed by atoms with Crippen LogP contribution in [0.25, 0.3) is 0 Å². The number of likely N-dealkylation sites (tertiary alicyclic amines) is 1. The highest BCUT2D eigenvalue weighted by molar-refractivity contribution is 6.13. The molecule has 2 aliphatic heterocycles. The first-order valence-electron chi connectivity index (χ1n) is 17.2. The average molecular weight is 686 g/mol. The van der Waals surface area contributed by atoms with Crippen LogP contribution in [0.4, 0.5) is 10.1 Å². The monoisotopic (exact) mass is 685 g/mol. The van der Waals surface area contributed by atoms with Crippen LogP contribution < -0.4 is 5.43 Å². The minimum absolute atomic E-state index is 0.0932. The Morgan fingerprint density at radius 2 is 1.55 bits per heavy atom. The lowest BCUT2D eigenvalue weighted by atomic mass is 9.49. The van der Waals surface area contributed by atoms with Gasteiger partial charge in [0.25, 0.3) is 11.8 Å². The summed E-state index contributed by atoms with van der Waals surface area (Å²) in [5, 5.41) is 22.1. The van der Waals surface area contributed by atoms with Crippen molar-refractivity contribution in [1.29, 1.82) is 0 Å². The number of imide groups is 2. The molecule has 2 aliphatic carbocycles. The van der Waals surface area contributed by atoms with E-state index in [9.17, 15) is 24.6 Å². The maximum absolute atomic E-state index is 15.3. The van der Waals surface area contributed by atoms with E-state index in [0.29, 0.717) is 23.2 Å². The number of hydrazine groups is 1. The highest BCUT2D eigenvalue weighted by Gasteiger charge is 2.70. The Balaban J connectivity index is 1.26. The number of allylic oxidation sites excluding steroid dienone is 2. The standard InChI is InChI=1S/C41H36FN3O6/c1-23-10-14-26(15-11-23)43-45-38(49)32-22-31-28(18-19-29-34(31)39(50)44(37(29)48)21-20-24-12-16-27(46)17-13-24)35(30-8-5-9-33(42)36(30)47)41(32,40(45)51)25-6-3-2-4-7-25/h2-18,29,31-32,34-35,43,46-47H,19-22H2,1H3. The molecule has 9 nitrogen and oxygen atoms in total. The van der Waals surface area contributed by atoms with Gasteiger partial charge in [0, 0.05) is 18.0 Å². The van der Waals surface area contributed by atoms with Crippen molar-refractivity contribution in [3.05, 3.63) is 137 Å². The fourth-order valence-electron chi connectivity index (χ4n) is 9.05. The van der Waals surface area contributed by atoms with E-state index in [2.05, 4.69) is 5.43 Å². The maximum atomic E-state index is 15.3. The van der Waals surface area contributed by atoms with Crippen molar-refractivity contribution in [3.8, 4) is 11.5 Å². The molecule has 4 amide bonds. The van der Waals surface area contributed by atoms with Crippen LogP contribution in [-0.4, -0.2) is 50.3 Å². The first kappa shape index (κ1) is 32.4. The molecular weight excluding hydrogens is 649 g/mol. The zero-order chi connectivity index (χ0) is 35.6. The fourth-order valence-corrected chi connectivity index (χ4v) is 9.05. The first-order valence-corrected chi connectivity index (χ1v) is 17.2. The summed E-state index contributed by atoms with van der Waals surface area (Å²) in [6.07, 6.45) is 2.58. The van der Waals surface area contributed by atoms with Gasteiger partial charge in [-0.05, 0) is 73.6 Å². The maximum Gasteiger partial charge on any atom is 0.260 e. The number of para-hydroxylation sites is 1. The van der Waals surface area contributed by atoms with Crippen LogP contribution in [0.3, 0.4) is 0 Å². The van der Waals surface area contributed by atoms with Crippen LogP contribution in [0.5, 0.6) is 11.5 Å². The van der Waals surface area contributed by atoms with Crippen molar-refractivity contribution < 1.29 is 33.8 Å². The average Bonchev–Trinajstić information content (AvgIpc) is 3.51. The number of hydrogen-bond acceptors (Lipinski definition) is 7. The molecule has 51 heavy (non-hydrogen) atoms. The molecular formula is C41H36FN3O6. The number of phenolic OH excluding ortho intramolecular Hbond substituents is 2. The van der Waals surface area contributed by atoms with E-state index < -0.39 is 58.4 Å². The SMILES string of the molecule is Cc1ccc(NN2C(=O)C3CC4C(=CCC5C(=O)N(CCc6ccc(O)cc6)C(=O)C54)C(c4cccc(F)c4O)C3(c3ccccc3)C2=O)cc1. The lowest BCUT2D eigenvalue weighted by molar-refractivity contribution is -0.141. The van der Waals surface area contributed by atoms with E-state index in [1.165, 1.54) is 11.0 Å². The van der Waals surface area contributed by atoms with Crippen LogP contribution >= 0.6 is 0 Å². The number of benzene rings is 4. The predicted octanol–water partition coefficient (Wildman–Crippen LogP) is 5.77. The molecule has 4 aliphatic rings. The molecule has 0 radical (unpaired) electrons. The number of carbonyl (C=O) groups excluding carboxylic acids is 4. The molecule has 258 valence electrons. The number of hydrogen-bond donors (Lipinski definition) is 3. The first-order chi connectivity index (χ1) is 24.6. The second-order valence-electron chi connectivity index (χ2n) is 14.0. The summed E-state index contributed by atoms with van der Waals surface area (Å²) in [6.45, 7) is 2.08. The van der Waals surface area contributed by atoms with Gasteiger partial charge in [-0.25, -0.2) is 4.39 Å². The summed E-state index contributed by atoms with van der Waals surface area (Å²) in [6, 6.07) is 26.9. The third kappa shape index (κ3) is 4.95. The van der Waals surface area contributed by atoms with Crippen molar-refractivity contribution in [1.82, 2.24) is 9.91 Å². The Hall–Kier alpha value is -5.77. The van der Waals surface area contributed by atoms with Gasteiger partial charge in [0.1, 0.15) is 5.75 Å². The molecule has 1 saturated carbocycles. The minimum atomic E-state index is -1.61. The number of aryl methyl sites for hydroxylation is 1. The van der Waals surface area contributed by atoms with Crippen molar-refractivity contribution in [3.63, 3.8) is 0 Å². The molecule has 4 aromatic carbocycles. The number of anilines is 1. The van der Waals surface area contributed by atoms with E-state index in [1.54, 1.807) is 72.8 Å². The van der Waals surface area contributed by atoms with E-state index in [0.717, 1.165) is 22.2 Å². The van der Waals surface area contributed by atoms with Gasteiger partial charge in [0.2, 0.25) is 11.8 Å². The second kappa shape index (κ2) is 12.2. The van der Waals surface area contributed by atoms with Gasteiger partial charge in [0.05, 0.1) is 28.9 Å². The highest BCUT2D eigenvalue weighted by Crippen LogP contribution is 2.65. The highest BCUT2D eigenvalue weighted by atomic mass is 19.1. The summed E-state index contributed by atoms with van der Waals surface area (Å²) >= 11 is 0. The van der Waals surface area contributed by atoms with Crippen LogP contribution in [0.15, 0.2) is 109 Å². The number of fused-ring (bicyclic) bond motifs is 4. The molecule has 2 heterocycles. The molecule has 10 heteroatoms. The van der Waals surface area contributed by atoms with Crippen LogP contribution in [0.2, 0.25) is 0 Å². The normalized spacial score (nSPS) is 26.9. The molecule has 8 rings (SSSR count). The quantitative estimate of drug-likeness (QED) is 0.167. The lowest BCUT2D eigenvalue weighted by Crippen LogP contribution is -2.53. The predicted molar refractivity (Wildman–Crippen MR) is 185 cm³/mol. The van der Waals surface area contributed by atoms with Gasteiger partial charge >= 0.3 is 0 Å². The summed E-state index contributed by atoms with van der Waals surface area (Å²) in [5.41, 5.74) is 5.09. The largest absolute Gasteiger partial charge is 0.508 e. The van der Waals surface area contributed by atoms with Gasteiger partial charge in [-0.15, -0.1) is 0 Å². The number of nitrogens with one attached hydrogen (secondary N) is 1. The van der Waals surface area contributed by atoms with Gasteiger partial charge < -0.3 is 10.2 Å². The van der Waals surface area contributed by atoms with Crippen molar-refractivity contribution in [2.75, 3.05) is 12.0 Å². The summed E-state index contributed by atoms with van der Waals surface area (Å²) in [7, 11) is 0. The molecule has 3 fully saturated rings. The van der Waals surface area contributed by atoms with Crippen LogP contribution in [-0.2, 0) is 31.0 Å².